The van der Waals surface area contributed by atoms with E-state index in [1.165, 1.54) is 16.2 Å². The first kappa shape index (κ1) is 11.2. The molecular weight excluding hydrogens is 242 g/mol. The fourth-order valence-electron chi connectivity index (χ4n) is 2.58. The van der Waals surface area contributed by atoms with Gasteiger partial charge in [-0.3, -0.25) is 0 Å². The van der Waals surface area contributed by atoms with E-state index in [1.54, 1.807) is 0 Å². The maximum Gasteiger partial charge on any atom is 0.0715 e. The topological polar surface area (TPSA) is 12.9 Å². The molecule has 94 valence electrons. The lowest BCUT2D eigenvalue weighted by Gasteiger charge is -2.05. The highest BCUT2D eigenvalue weighted by Gasteiger charge is 2.02. The third kappa shape index (κ3) is 1.84. The third-order valence-electron chi connectivity index (χ3n) is 3.63. The van der Waals surface area contributed by atoms with Crippen LogP contribution in [0.1, 0.15) is 0 Å². The molecule has 4 rings (SSSR count). The maximum atomic E-state index is 4.80. The van der Waals surface area contributed by atoms with Gasteiger partial charge in [-0.1, -0.05) is 60.7 Å². The lowest BCUT2D eigenvalue weighted by atomic mass is 10.1. The molecule has 0 N–H and O–H groups in total. The predicted octanol–water partition coefficient (Wildman–Crippen LogP) is 5.06. The van der Waals surface area contributed by atoms with Crippen molar-refractivity contribution < 1.29 is 0 Å². The summed E-state index contributed by atoms with van der Waals surface area (Å²) >= 11 is 0. The molecule has 1 nitrogen and oxygen atoms in total. The SMILES string of the molecule is c1ccc(-c2ccc3cc4ccccc4cc3n2)cc1. The number of rotatable bonds is 1. The second-order valence-corrected chi connectivity index (χ2v) is 4.95. The molecule has 4 aromatic rings. The van der Waals surface area contributed by atoms with Crippen molar-refractivity contribution in [2.45, 2.75) is 0 Å². The molecule has 0 radical (unpaired) electrons. The van der Waals surface area contributed by atoms with Gasteiger partial charge in [0.15, 0.2) is 0 Å². The molecule has 1 heteroatoms. The summed E-state index contributed by atoms with van der Waals surface area (Å²) in [5, 5.41) is 3.68. The molecule has 3 aromatic carbocycles. The van der Waals surface area contributed by atoms with Crippen LogP contribution in [0.3, 0.4) is 0 Å². The summed E-state index contributed by atoms with van der Waals surface area (Å²) in [5.74, 6) is 0. The molecule has 0 spiro atoms. The zero-order valence-corrected chi connectivity index (χ0v) is 11.0. The molecule has 0 aliphatic heterocycles. The van der Waals surface area contributed by atoms with E-state index in [1.807, 2.05) is 18.2 Å². The second kappa shape index (κ2) is 4.46. The number of pyridine rings is 1. The number of aromatic nitrogens is 1. The summed E-state index contributed by atoms with van der Waals surface area (Å²) in [5.41, 5.74) is 3.22. The molecule has 1 aromatic heterocycles. The number of benzene rings is 3. The van der Waals surface area contributed by atoms with Crippen LogP contribution < -0.4 is 0 Å². The van der Waals surface area contributed by atoms with E-state index in [-0.39, 0.29) is 0 Å². The van der Waals surface area contributed by atoms with Gasteiger partial charge < -0.3 is 0 Å². The van der Waals surface area contributed by atoms with Crippen LogP contribution in [0.2, 0.25) is 0 Å². The Morgan fingerprint density at radius 1 is 0.550 bits per heavy atom. The van der Waals surface area contributed by atoms with Crippen LogP contribution in [-0.4, -0.2) is 4.98 Å². The minimum atomic E-state index is 1.02. The minimum Gasteiger partial charge on any atom is -0.248 e. The van der Waals surface area contributed by atoms with Crippen molar-refractivity contribution in [3.05, 3.63) is 78.9 Å². The van der Waals surface area contributed by atoms with Crippen molar-refractivity contribution in [3.8, 4) is 11.3 Å². The Morgan fingerprint density at radius 3 is 2.05 bits per heavy atom. The van der Waals surface area contributed by atoms with E-state index in [0.29, 0.717) is 0 Å². The van der Waals surface area contributed by atoms with Crippen LogP contribution in [0, 0.1) is 0 Å². The fourth-order valence-corrected chi connectivity index (χ4v) is 2.58. The van der Waals surface area contributed by atoms with Crippen LogP contribution in [0.25, 0.3) is 32.9 Å². The number of hydrogen-bond donors (Lipinski definition) is 0. The van der Waals surface area contributed by atoms with Crippen LogP contribution >= 0.6 is 0 Å². The molecular formula is C19H13N. The Morgan fingerprint density at radius 2 is 1.25 bits per heavy atom. The van der Waals surface area contributed by atoms with Gasteiger partial charge in [0.25, 0.3) is 0 Å². The quantitative estimate of drug-likeness (QED) is 0.433. The van der Waals surface area contributed by atoms with Gasteiger partial charge in [0.2, 0.25) is 0 Å². The van der Waals surface area contributed by atoms with Crippen LogP contribution in [0.5, 0.6) is 0 Å². The van der Waals surface area contributed by atoms with Gasteiger partial charge >= 0.3 is 0 Å². The first-order valence-electron chi connectivity index (χ1n) is 6.75. The Labute approximate surface area is 117 Å². The number of nitrogens with zero attached hydrogens (tertiary/aromatic N) is 1. The van der Waals surface area contributed by atoms with Gasteiger partial charge in [-0.15, -0.1) is 0 Å². The zero-order chi connectivity index (χ0) is 13.4. The van der Waals surface area contributed by atoms with E-state index in [9.17, 15) is 0 Å². The molecule has 0 fully saturated rings. The summed E-state index contributed by atoms with van der Waals surface area (Å²) in [6.07, 6.45) is 0. The predicted molar refractivity (Wildman–Crippen MR) is 84.7 cm³/mol. The maximum absolute atomic E-state index is 4.80. The van der Waals surface area contributed by atoms with Gasteiger partial charge in [-0.25, -0.2) is 4.98 Å². The highest BCUT2D eigenvalue weighted by molar-refractivity contribution is 5.97. The second-order valence-electron chi connectivity index (χ2n) is 4.95. The molecule has 0 saturated carbocycles. The van der Waals surface area contributed by atoms with Crippen molar-refractivity contribution in [1.82, 2.24) is 4.98 Å². The third-order valence-corrected chi connectivity index (χ3v) is 3.63. The Balaban J connectivity index is 1.97. The van der Waals surface area contributed by atoms with Gasteiger partial charge in [0.05, 0.1) is 11.2 Å². The standard InChI is InChI=1S/C19H13N/c1-2-6-14(7-3-1)18-11-10-17-12-15-8-4-5-9-16(15)13-19(17)20-18/h1-13H. The summed E-state index contributed by atoms with van der Waals surface area (Å²) < 4.78 is 0. The average Bonchev–Trinajstić information content (AvgIpc) is 2.53. The summed E-state index contributed by atoms with van der Waals surface area (Å²) in [6.45, 7) is 0. The largest absolute Gasteiger partial charge is 0.248 e. The van der Waals surface area contributed by atoms with Gasteiger partial charge in [-0.2, -0.15) is 0 Å². The lowest BCUT2D eigenvalue weighted by molar-refractivity contribution is 1.40. The number of fused-ring (bicyclic) bond motifs is 2. The molecule has 0 saturated heterocycles. The first-order valence-corrected chi connectivity index (χ1v) is 6.75. The Kier molecular flexibility index (Phi) is 2.49. The van der Waals surface area contributed by atoms with Gasteiger partial charge in [0, 0.05) is 10.9 Å². The normalized spacial score (nSPS) is 11.0. The highest BCUT2D eigenvalue weighted by Crippen LogP contribution is 2.24. The molecule has 0 atom stereocenters. The van der Waals surface area contributed by atoms with E-state index in [2.05, 4.69) is 60.7 Å². The minimum absolute atomic E-state index is 1.02. The van der Waals surface area contributed by atoms with E-state index in [0.717, 1.165) is 16.8 Å². The smallest absolute Gasteiger partial charge is 0.0715 e. The summed E-state index contributed by atoms with van der Waals surface area (Å²) in [4.78, 5) is 4.80. The molecule has 0 aliphatic rings. The van der Waals surface area contributed by atoms with E-state index in [4.69, 9.17) is 4.98 Å². The van der Waals surface area contributed by atoms with Crippen LogP contribution in [-0.2, 0) is 0 Å². The Bertz CT molecular complexity index is 895. The van der Waals surface area contributed by atoms with Crippen molar-refractivity contribution in [1.29, 1.82) is 0 Å². The average molecular weight is 255 g/mol. The summed E-state index contributed by atoms with van der Waals surface area (Å²) in [7, 11) is 0. The van der Waals surface area contributed by atoms with Crippen molar-refractivity contribution in [3.63, 3.8) is 0 Å². The van der Waals surface area contributed by atoms with Crippen molar-refractivity contribution in [2.24, 2.45) is 0 Å². The monoisotopic (exact) mass is 255 g/mol. The highest BCUT2D eigenvalue weighted by atomic mass is 14.7. The fraction of sp³-hybridized carbons (Fsp3) is 0. The molecule has 0 bridgehead atoms. The van der Waals surface area contributed by atoms with E-state index >= 15 is 0 Å². The van der Waals surface area contributed by atoms with Crippen LogP contribution in [0.15, 0.2) is 78.9 Å². The Hall–Kier alpha value is -2.67. The van der Waals surface area contributed by atoms with E-state index < -0.39 is 0 Å². The van der Waals surface area contributed by atoms with Crippen molar-refractivity contribution >= 4 is 21.7 Å². The molecule has 0 amide bonds. The van der Waals surface area contributed by atoms with Crippen molar-refractivity contribution in [2.75, 3.05) is 0 Å². The number of hydrogen-bond acceptors (Lipinski definition) is 1. The molecule has 1 heterocycles. The van der Waals surface area contributed by atoms with Gasteiger partial charge in [-0.05, 0) is 29.0 Å². The molecule has 0 unspecified atom stereocenters. The van der Waals surface area contributed by atoms with Gasteiger partial charge in [0.1, 0.15) is 0 Å². The summed E-state index contributed by atoms with van der Waals surface area (Å²) in [6, 6.07) is 27.3. The lowest BCUT2D eigenvalue weighted by Crippen LogP contribution is -1.85. The molecule has 20 heavy (non-hydrogen) atoms. The van der Waals surface area contributed by atoms with Crippen LogP contribution in [0.4, 0.5) is 0 Å². The molecule has 0 aliphatic carbocycles. The first-order chi connectivity index (χ1) is 9.90. The zero-order valence-electron chi connectivity index (χ0n) is 11.0.